The van der Waals surface area contributed by atoms with E-state index in [1.165, 1.54) is 0 Å². The van der Waals surface area contributed by atoms with Crippen molar-refractivity contribution < 1.29 is 14.6 Å². The lowest BCUT2D eigenvalue weighted by Gasteiger charge is -2.10. The molecule has 0 radical (unpaired) electrons. The third kappa shape index (κ3) is 3.92. The third-order valence-electron chi connectivity index (χ3n) is 2.88. The highest BCUT2D eigenvalue weighted by Crippen LogP contribution is 2.19. The molecular formula is C16H15BrO3. The summed E-state index contributed by atoms with van der Waals surface area (Å²) in [6.07, 6.45) is 0.517. The van der Waals surface area contributed by atoms with Gasteiger partial charge >= 0.3 is 0 Å². The van der Waals surface area contributed by atoms with Crippen molar-refractivity contribution in [2.75, 3.05) is 13.2 Å². The van der Waals surface area contributed by atoms with E-state index in [0.29, 0.717) is 17.7 Å². The molecule has 104 valence electrons. The van der Waals surface area contributed by atoms with Crippen LogP contribution in [0.5, 0.6) is 5.75 Å². The number of rotatable bonds is 6. The number of Topliss-reactive ketones (excluding diaryl/α,β-unsaturated/α-hetero) is 1. The van der Waals surface area contributed by atoms with Crippen LogP contribution in [0.15, 0.2) is 53.0 Å². The van der Waals surface area contributed by atoms with E-state index in [-0.39, 0.29) is 19.0 Å². The zero-order chi connectivity index (χ0) is 14.4. The van der Waals surface area contributed by atoms with Crippen molar-refractivity contribution in [2.45, 2.75) is 6.42 Å². The van der Waals surface area contributed by atoms with Gasteiger partial charge in [0.1, 0.15) is 5.75 Å². The Morgan fingerprint density at radius 2 is 1.80 bits per heavy atom. The summed E-state index contributed by atoms with van der Waals surface area (Å²) in [7, 11) is 0. The van der Waals surface area contributed by atoms with Gasteiger partial charge in [-0.15, -0.1) is 0 Å². The number of hydrogen-bond donors (Lipinski definition) is 1. The average molecular weight is 335 g/mol. The largest absolute Gasteiger partial charge is 0.485 e. The molecule has 0 saturated heterocycles. The van der Waals surface area contributed by atoms with Gasteiger partial charge in [0, 0.05) is 16.6 Å². The molecule has 0 aliphatic carbocycles. The smallest absolute Gasteiger partial charge is 0.200 e. The van der Waals surface area contributed by atoms with Crippen molar-refractivity contribution >= 4 is 21.7 Å². The van der Waals surface area contributed by atoms with Gasteiger partial charge in [-0.1, -0.05) is 46.3 Å². The number of aliphatic hydroxyl groups excluding tert-OH is 1. The van der Waals surface area contributed by atoms with Gasteiger partial charge in [0.25, 0.3) is 0 Å². The lowest BCUT2D eigenvalue weighted by atomic mass is 10.1. The number of carbonyl (C=O) groups is 1. The lowest BCUT2D eigenvalue weighted by Crippen LogP contribution is -2.12. The zero-order valence-corrected chi connectivity index (χ0v) is 12.5. The van der Waals surface area contributed by atoms with Crippen LogP contribution in [-0.4, -0.2) is 24.1 Å². The summed E-state index contributed by atoms with van der Waals surface area (Å²) in [4.78, 5) is 12.0. The van der Waals surface area contributed by atoms with E-state index in [1.54, 1.807) is 18.2 Å². The van der Waals surface area contributed by atoms with E-state index < -0.39 is 0 Å². The first kappa shape index (κ1) is 14.8. The molecule has 0 saturated carbocycles. The minimum absolute atomic E-state index is 0.00985. The molecule has 0 atom stereocenters. The van der Waals surface area contributed by atoms with Crippen LogP contribution in [0.25, 0.3) is 0 Å². The number of ketones is 1. The van der Waals surface area contributed by atoms with Crippen LogP contribution in [0.4, 0.5) is 0 Å². The molecule has 2 aromatic carbocycles. The quantitative estimate of drug-likeness (QED) is 0.825. The fraction of sp³-hybridized carbons (Fsp3) is 0.188. The maximum atomic E-state index is 12.0. The molecule has 1 N–H and O–H groups in total. The molecule has 0 heterocycles. The SMILES string of the molecule is O=C(COc1ccccc1CCO)c1ccc(Br)cc1. The van der Waals surface area contributed by atoms with E-state index >= 15 is 0 Å². The summed E-state index contributed by atoms with van der Waals surface area (Å²) in [5.41, 5.74) is 1.52. The fourth-order valence-corrected chi connectivity index (χ4v) is 2.10. The van der Waals surface area contributed by atoms with Crippen molar-refractivity contribution in [2.24, 2.45) is 0 Å². The van der Waals surface area contributed by atoms with Gasteiger partial charge in [-0.3, -0.25) is 4.79 Å². The summed E-state index contributed by atoms with van der Waals surface area (Å²) < 4.78 is 6.50. The molecule has 0 unspecified atom stereocenters. The highest BCUT2D eigenvalue weighted by molar-refractivity contribution is 9.10. The molecule has 2 rings (SSSR count). The minimum Gasteiger partial charge on any atom is -0.485 e. The van der Waals surface area contributed by atoms with Crippen molar-refractivity contribution in [3.8, 4) is 5.75 Å². The summed E-state index contributed by atoms with van der Waals surface area (Å²) in [5, 5.41) is 9.00. The average Bonchev–Trinajstić information content (AvgIpc) is 2.47. The number of hydrogen-bond acceptors (Lipinski definition) is 3. The molecule has 0 aliphatic heterocycles. The monoisotopic (exact) mass is 334 g/mol. The number of carbonyl (C=O) groups excluding carboxylic acids is 1. The van der Waals surface area contributed by atoms with Crippen molar-refractivity contribution in [1.82, 2.24) is 0 Å². The first-order chi connectivity index (χ1) is 9.70. The molecule has 0 aromatic heterocycles. The molecule has 2 aromatic rings. The van der Waals surface area contributed by atoms with Crippen LogP contribution in [0, 0.1) is 0 Å². The molecule has 20 heavy (non-hydrogen) atoms. The van der Waals surface area contributed by atoms with Gasteiger partial charge in [-0.25, -0.2) is 0 Å². The molecule has 0 fully saturated rings. The number of ether oxygens (including phenoxy) is 1. The van der Waals surface area contributed by atoms with Gasteiger partial charge < -0.3 is 9.84 Å². The highest BCUT2D eigenvalue weighted by atomic mass is 79.9. The minimum atomic E-state index is -0.0729. The molecule has 0 aliphatic rings. The van der Waals surface area contributed by atoms with Gasteiger partial charge in [-0.05, 0) is 30.2 Å². The highest BCUT2D eigenvalue weighted by Gasteiger charge is 2.08. The van der Waals surface area contributed by atoms with Crippen LogP contribution in [-0.2, 0) is 6.42 Å². The number of para-hydroxylation sites is 1. The maximum absolute atomic E-state index is 12.0. The summed E-state index contributed by atoms with van der Waals surface area (Å²) in [6, 6.07) is 14.6. The standard InChI is InChI=1S/C16H15BrO3/c17-14-7-5-12(6-8-14)15(19)11-20-16-4-2-1-3-13(16)9-10-18/h1-8,18H,9-11H2. The Hall–Kier alpha value is -1.65. The summed E-state index contributed by atoms with van der Waals surface area (Å²) in [6.45, 7) is 0.0467. The van der Waals surface area contributed by atoms with Crippen LogP contribution >= 0.6 is 15.9 Å². The van der Waals surface area contributed by atoms with Crippen LogP contribution in [0.1, 0.15) is 15.9 Å². The van der Waals surface area contributed by atoms with Crippen molar-refractivity contribution in [3.05, 3.63) is 64.1 Å². The second-order valence-corrected chi connectivity index (χ2v) is 5.22. The lowest BCUT2D eigenvalue weighted by molar-refractivity contribution is 0.0921. The topological polar surface area (TPSA) is 46.5 Å². The van der Waals surface area contributed by atoms with Crippen LogP contribution in [0.2, 0.25) is 0 Å². The van der Waals surface area contributed by atoms with Crippen LogP contribution in [0.3, 0.4) is 0 Å². The molecular weight excluding hydrogens is 320 g/mol. The van der Waals surface area contributed by atoms with Gasteiger partial charge in [-0.2, -0.15) is 0 Å². The van der Waals surface area contributed by atoms with E-state index in [4.69, 9.17) is 9.84 Å². The first-order valence-electron chi connectivity index (χ1n) is 6.31. The zero-order valence-electron chi connectivity index (χ0n) is 10.9. The second-order valence-electron chi connectivity index (χ2n) is 4.30. The molecule has 3 nitrogen and oxygen atoms in total. The molecule has 0 bridgehead atoms. The van der Waals surface area contributed by atoms with E-state index in [2.05, 4.69) is 15.9 Å². The summed E-state index contributed by atoms with van der Waals surface area (Å²) >= 11 is 3.33. The Morgan fingerprint density at radius 3 is 2.50 bits per heavy atom. The Labute approximate surface area is 126 Å². The molecule has 0 amide bonds. The van der Waals surface area contributed by atoms with Crippen molar-refractivity contribution in [1.29, 1.82) is 0 Å². The Balaban J connectivity index is 2.01. The number of aliphatic hydroxyl groups is 1. The third-order valence-corrected chi connectivity index (χ3v) is 3.41. The Bertz CT molecular complexity index is 579. The maximum Gasteiger partial charge on any atom is 0.200 e. The van der Waals surface area contributed by atoms with E-state index in [1.807, 2.05) is 30.3 Å². The Morgan fingerprint density at radius 1 is 1.10 bits per heavy atom. The van der Waals surface area contributed by atoms with Gasteiger partial charge in [0.05, 0.1) is 0 Å². The van der Waals surface area contributed by atoms with Crippen LogP contribution < -0.4 is 4.74 Å². The first-order valence-corrected chi connectivity index (χ1v) is 7.10. The summed E-state index contributed by atoms with van der Waals surface area (Å²) in [5.74, 6) is 0.573. The molecule has 0 spiro atoms. The number of halogens is 1. The van der Waals surface area contributed by atoms with Gasteiger partial charge in [0.15, 0.2) is 12.4 Å². The van der Waals surface area contributed by atoms with Crippen molar-refractivity contribution in [3.63, 3.8) is 0 Å². The number of benzene rings is 2. The second kappa shape index (κ2) is 7.22. The molecule has 4 heteroatoms. The predicted octanol–water partition coefficient (Wildman–Crippen LogP) is 3.25. The predicted molar refractivity (Wildman–Crippen MR) is 81.2 cm³/mol. The van der Waals surface area contributed by atoms with Gasteiger partial charge in [0.2, 0.25) is 0 Å². The fourth-order valence-electron chi connectivity index (χ4n) is 1.83. The van der Waals surface area contributed by atoms with E-state index in [9.17, 15) is 4.79 Å². The van der Waals surface area contributed by atoms with E-state index in [0.717, 1.165) is 10.0 Å². The normalized spacial score (nSPS) is 10.3. The Kier molecular flexibility index (Phi) is 5.32.